The monoisotopic (exact) mass is 436 g/mol. The third-order valence-corrected chi connectivity index (χ3v) is 5.48. The van der Waals surface area contributed by atoms with Gasteiger partial charge in [0.05, 0.1) is 10.8 Å². The molecular weight excluding hydrogens is 419 g/mol. The van der Waals surface area contributed by atoms with Gasteiger partial charge in [0.2, 0.25) is 5.91 Å². The first-order valence-electron chi connectivity index (χ1n) is 8.38. The van der Waals surface area contributed by atoms with Crippen molar-refractivity contribution in [3.8, 4) is 5.75 Å². The van der Waals surface area contributed by atoms with Gasteiger partial charge in [-0.05, 0) is 42.8 Å². The van der Waals surface area contributed by atoms with Crippen LogP contribution in [0.1, 0.15) is 11.4 Å². The lowest BCUT2D eigenvalue weighted by atomic mass is 10.2. The SMILES string of the molecule is Cc1cc(Cl)ccc1NC(=O)CSc1nnc(COc2ccccc2Cl)n1C. The van der Waals surface area contributed by atoms with Gasteiger partial charge in [-0.25, -0.2) is 0 Å². The van der Waals surface area contributed by atoms with Crippen LogP contribution < -0.4 is 10.1 Å². The Morgan fingerprint density at radius 1 is 1.21 bits per heavy atom. The molecule has 1 aromatic heterocycles. The molecule has 0 radical (unpaired) electrons. The largest absolute Gasteiger partial charge is 0.484 e. The van der Waals surface area contributed by atoms with Crippen LogP contribution in [0.5, 0.6) is 5.75 Å². The second-order valence-electron chi connectivity index (χ2n) is 5.97. The van der Waals surface area contributed by atoms with E-state index >= 15 is 0 Å². The second kappa shape index (κ2) is 9.32. The van der Waals surface area contributed by atoms with Gasteiger partial charge in [-0.2, -0.15) is 0 Å². The number of anilines is 1. The third-order valence-electron chi connectivity index (χ3n) is 3.91. The molecule has 0 saturated heterocycles. The van der Waals surface area contributed by atoms with Crippen molar-refractivity contribution in [3.05, 3.63) is 63.9 Å². The lowest BCUT2D eigenvalue weighted by molar-refractivity contribution is -0.113. The Labute approximate surface area is 177 Å². The molecule has 146 valence electrons. The Hall–Kier alpha value is -2.22. The van der Waals surface area contributed by atoms with E-state index in [1.807, 2.05) is 26.1 Å². The van der Waals surface area contributed by atoms with Gasteiger partial charge < -0.3 is 14.6 Å². The van der Waals surface area contributed by atoms with E-state index in [0.717, 1.165) is 11.3 Å². The molecule has 0 saturated carbocycles. The minimum Gasteiger partial charge on any atom is -0.484 e. The Balaban J connectivity index is 1.55. The van der Waals surface area contributed by atoms with Gasteiger partial charge in [0.1, 0.15) is 12.4 Å². The number of aromatic nitrogens is 3. The molecule has 9 heteroatoms. The highest BCUT2D eigenvalue weighted by Gasteiger charge is 2.13. The van der Waals surface area contributed by atoms with Crippen LogP contribution in [-0.4, -0.2) is 26.4 Å². The standard InChI is InChI=1S/C19H18Cl2N4O2S/c1-12-9-13(20)7-8-15(12)22-18(26)11-28-19-24-23-17(25(19)2)10-27-16-6-4-3-5-14(16)21/h3-9H,10-11H2,1-2H3,(H,22,26). The maximum Gasteiger partial charge on any atom is 0.234 e. The van der Waals surface area contributed by atoms with Gasteiger partial charge in [0, 0.05) is 17.8 Å². The molecule has 0 bridgehead atoms. The molecule has 0 aliphatic heterocycles. The van der Waals surface area contributed by atoms with Crippen LogP contribution in [0.15, 0.2) is 47.6 Å². The van der Waals surface area contributed by atoms with Crippen molar-refractivity contribution in [1.29, 1.82) is 0 Å². The first-order valence-corrected chi connectivity index (χ1v) is 10.1. The summed E-state index contributed by atoms with van der Waals surface area (Å²) in [4.78, 5) is 12.2. The van der Waals surface area contributed by atoms with E-state index in [-0.39, 0.29) is 18.3 Å². The van der Waals surface area contributed by atoms with E-state index in [9.17, 15) is 4.79 Å². The fourth-order valence-corrected chi connectivity index (χ4v) is 3.53. The lowest BCUT2D eigenvalue weighted by Crippen LogP contribution is -2.15. The van der Waals surface area contributed by atoms with Gasteiger partial charge >= 0.3 is 0 Å². The summed E-state index contributed by atoms with van der Waals surface area (Å²) in [5, 5.41) is 12.9. The van der Waals surface area contributed by atoms with E-state index in [1.165, 1.54) is 11.8 Å². The molecule has 2 aromatic carbocycles. The molecule has 0 aliphatic carbocycles. The summed E-state index contributed by atoms with van der Waals surface area (Å²) < 4.78 is 7.48. The number of para-hydroxylation sites is 1. The number of ether oxygens (including phenoxy) is 1. The minimum atomic E-state index is -0.132. The summed E-state index contributed by atoms with van der Waals surface area (Å²) in [6.07, 6.45) is 0. The van der Waals surface area contributed by atoms with Crippen LogP contribution in [-0.2, 0) is 18.4 Å². The van der Waals surface area contributed by atoms with Crippen LogP contribution >= 0.6 is 35.0 Å². The normalized spacial score (nSPS) is 10.7. The number of amides is 1. The highest BCUT2D eigenvalue weighted by atomic mass is 35.5. The summed E-state index contributed by atoms with van der Waals surface area (Å²) in [6, 6.07) is 12.6. The molecule has 1 amide bonds. The number of carbonyl (C=O) groups is 1. The molecule has 1 N–H and O–H groups in total. The molecule has 0 atom stereocenters. The third kappa shape index (κ3) is 5.19. The van der Waals surface area contributed by atoms with E-state index in [2.05, 4.69) is 15.5 Å². The number of carbonyl (C=O) groups excluding carboxylic acids is 1. The van der Waals surface area contributed by atoms with Gasteiger partial charge in [0.25, 0.3) is 0 Å². The molecule has 0 fully saturated rings. The quantitative estimate of drug-likeness (QED) is 0.541. The predicted octanol–water partition coefficient (Wildman–Crippen LogP) is 4.74. The number of benzene rings is 2. The molecule has 0 unspecified atom stereocenters. The Morgan fingerprint density at radius 3 is 2.75 bits per heavy atom. The number of thioether (sulfide) groups is 1. The molecule has 3 rings (SSSR count). The smallest absolute Gasteiger partial charge is 0.234 e. The van der Waals surface area contributed by atoms with Crippen molar-refractivity contribution < 1.29 is 9.53 Å². The Bertz CT molecular complexity index is 994. The number of nitrogens with zero attached hydrogens (tertiary/aromatic N) is 3. The van der Waals surface area contributed by atoms with Crippen LogP contribution in [0.4, 0.5) is 5.69 Å². The number of hydrogen-bond donors (Lipinski definition) is 1. The fourth-order valence-electron chi connectivity index (χ4n) is 2.38. The maximum atomic E-state index is 12.2. The minimum absolute atomic E-state index is 0.132. The zero-order valence-corrected chi connectivity index (χ0v) is 17.6. The molecule has 6 nitrogen and oxygen atoms in total. The Kier molecular flexibility index (Phi) is 6.83. The van der Waals surface area contributed by atoms with Crippen LogP contribution in [0.25, 0.3) is 0 Å². The van der Waals surface area contributed by atoms with Crippen LogP contribution in [0.2, 0.25) is 10.0 Å². The van der Waals surface area contributed by atoms with Crippen molar-refractivity contribution in [2.75, 3.05) is 11.1 Å². The van der Waals surface area contributed by atoms with Crippen molar-refractivity contribution in [2.45, 2.75) is 18.7 Å². The van der Waals surface area contributed by atoms with Crippen LogP contribution in [0, 0.1) is 6.92 Å². The van der Waals surface area contributed by atoms with Gasteiger partial charge in [-0.3, -0.25) is 4.79 Å². The summed E-state index contributed by atoms with van der Waals surface area (Å²) in [5.74, 6) is 1.29. The number of rotatable bonds is 7. The maximum absolute atomic E-state index is 12.2. The first-order chi connectivity index (χ1) is 13.4. The molecule has 0 spiro atoms. The number of aryl methyl sites for hydroxylation is 1. The van der Waals surface area contributed by atoms with Gasteiger partial charge in [-0.15, -0.1) is 10.2 Å². The summed E-state index contributed by atoms with van der Waals surface area (Å²) in [7, 11) is 1.83. The van der Waals surface area contributed by atoms with E-state index in [4.69, 9.17) is 27.9 Å². The molecule has 28 heavy (non-hydrogen) atoms. The van der Waals surface area contributed by atoms with Crippen molar-refractivity contribution >= 4 is 46.6 Å². The van der Waals surface area contributed by atoms with Crippen LogP contribution in [0.3, 0.4) is 0 Å². The Morgan fingerprint density at radius 2 is 2.00 bits per heavy atom. The molecule has 0 aliphatic rings. The summed E-state index contributed by atoms with van der Waals surface area (Å²) in [5.41, 5.74) is 1.64. The predicted molar refractivity (Wildman–Crippen MR) is 112 cm³/mol. The van der Waals surface area contributed by atoms with E-state index in [0.29, 0.717) is 26.8 Å². The van der Waals surface area contributed by atoms with Crippen molar-refractivity contribution in [1.82, 2.24) is 14.8 Å². The van der Waals surface area contributed by atoms with E-state index < -0.39 is 0 Å². The molecular formula is C19H18Cl2N4O2S. The van der Waals surface area contributed by atoms with E-state index in [1.54, 1.807) is 34.9 Å². The van der Waals surface area contributed by atoms with Gasteiger partial charge in [0.15, 0.2) is 11.0 Å². The average Bonchev–Trinajstić information content (AvgIpc) is 3.01. The fraction of sp³-hybridized carbons (Fsp3) is 0.211. The highest BCUT2D eigenvalue weighted by Crippen LogP contribution is 2.25. The molecule has 1 heterocycles. The zero-order chi connectivity index (χ0) is 20.1. The van der Waals surface area contributed by atoms with Gasteiger partial charge in [-0.1, -0.05) is 47.1 Å². The molecule has 3 aromatic rings. The zero-order valence-electron chi connectivity index (χ0n) is 15.3. The summed E-state index contributed by atoms with van der Waals surface area (Å²) in [6.45, 7) is 2.12. The number of hydrogen-bond acceptors (Lipinski definition) is 5. The highest BCUT2D eigenvalue weighted by molar-refractivity contribution is 7.99. The second-order valence-corrected chi connectivity index (χ2v) is 7.76. The van der Waals surface area contributed by atoms with Crippen molar-refractivity contribution in [3.63, 3.8) is 0 Å². The first kappa shape index (κ1) is 20.5. The van der Waals surface area contributed by atoms with Crippen molar-refractivity contribution in [2.24, 2.45) is 7.05 Å². The average molecular weight is 437 g/mol. The lowest BCUT2D eigenvalue weighted by Gasteiger charge is -2.09. The summed E-state index contributed by atoms with van der Waals surface area (Å²) >= 11 is 13.3. The topological polar surface area (TPSA) is 69.0 Å². The number of halogens is 2. The number of nitrogens with one attached hydrogen (secondary N) is 1.